The van der Waals surface area contributed by atoms with E-state index >= 15 is 0 Å². The quantitative estimate of drug-likeness (QED) is 0.728. The van der Waals surface area contributed by atoms with Crippen molar-refractivity contribution in [2.75, 3.05) is 38.1 Å². The van der Waals surface area contributed by atoms with E-state index in [1.54, 1.807) is 24.3 Å². The molecule has 0 saturated carbocycles. The van der Waals surface area contributed by atoms with Crippen molar-refractivity contribution in [2.45, 2.75) is 13.8 Å². The molecule has 150 valence electrons. The number of anilines is 1. The third-order valence-electron chi connectivity index (χ3n) is 5.62. The average molecular weight is 410 g/mol. The maximum absolute atomic E-state index is 13.6. The topological polar surface area (TPSA) is 43.9 Å². The Morgan fingerprint density at radius 3 is 2.24 bits per heavy atom. The van der Waals surface area contributed by atoms with E-state index in [0.717, 1.165) is 29.8 Å². The molecule has 0 unspecified atom stereocenters. The molecule has 2 aromatic rings. The molecule has 0 aromatic heterocycles. The van der Waals surface area contributed by atoms with Gasteiger partial charge in [-0.15, -0.1) is 0 Å². The predicted octanol–water partition coefficient (Wildman–Crippen LogP) is 3.49. The molecule has 2 aromatic carbocycles. The van der Waals surface area contributed by atoms with Crippen LogP contribution >= 0.6 is 11.6 Å². The largest absolute Gasteiger partial charge is 0.364 e. The summed E-state index contributed by atoms with van der Waals surface area (Å²) in [6, 6.07) is 12.9. The minimum Gasteiger partial charge on any atom is -0.364 e. The fraction of sp³-hybridized carbons (Fsp3) is 0.304. The van der Waals surface area contributed by atoms with E-state index in [2.05, 4.69) is 11.9 Å². The smallest absolute Gasteiger partial charge is 0.282 e. The molecular weight excluding hydrogens is 386 g/mol. The van der Waals surface area contributed by atoms with E-state index < -0.39 is 0 Å². The number of para-hydroxylation sites is 1. The van der Waals surface area contributed by atoms with Crippen molar-refractivity contribution in [1.82, 2.24) is 9.80 Å². The zero-order valence-electron chi connectivity index (χ0n) is 16.9. The first-order valence-electron chi connectivity index (χ1n) is 9.77. The Labute approximate surface area is 176 Å². The zero-order valence-corrected chi connectivity index (χ0v) is 17.7. The Hall–Kier alpha value is -2.63. The second-order valence-corrected chi connectivity index (χ2v) is 8.14. The highest BCUT2D eigenvalue weighted by atomic mass is 35.5. The monoisotopic (exact) mass is 409 g/mol. The highest BCUT2D eigenvalue weighted by Gasteiger charge is 2.43. The summed E-state index contributed by atoms with van der Waals surface area (Å²) in [6.45, 7) is 7.09. The molecule has 0 atom stereocenters. The number of hydrogen-bond acceptors (Lipinski definition) is 4. The molecule has 4 rings (SSSR count). The van der Waals surface area contributed by atoms with Crippen LogP contribution in [0.5, 0.6) is 0 Å². The summed E-state index contributed by atoms with van der Waals surface area (Å²) in [7, 11) is 2.06. The lowest BCUT2D eigenvalue weighted by Gasteiger charge is -2.34. The van der Waals surface area contributed by atoms with Gasteiger partial charge < -0.3 is 9.80 Å². The molecule has 2 amide bonds. The third-order valence-corrected chi connectivity index (χ3v) is 5.94. The molecule has 0 bridgehead atoms. The zero-order chi connectivity index (χ0) is 20.7. The number of likely N-dealkylation sites (N-methyl/N-ethyl adjacent to an activating group) is 1. The van der Waals surface area contributed by atoms with Crippen molar-refractivity contribution in [2.24, 2.45) is 0 Å². The molecule has 2 aliphatic rings. The van der Waals surface area contributed by atoms with Gasteiger partial charge in [-0.3, -0.25) is 9.59 Å². The van der Waals surface area contributed by atoms with Crippen molar-refractivity contribution < 1.29 is 9.59 Å². The van der Waals surface area contributed by atoms with Gasteiger partial charge in [-0.05, 0) is 44.2 Å². The summed E-state index contributed by atoms with van der Waals surface area (Å²) in [4.78, 5) is 32.6. The van der Waals surface area contributed by atoms with Crippen LogP contribution in [-0.4, -0.2) is 54.8 Å². The van der Waals surface area contributed by atoms with Crippen LogP contribution < -0.4 is 4.90 Å². The molecule has 0 spiro atoms. The molecule has 29 heavy (non-hydrogen) atoms. The number of halogens is 1. The van der Waals surface area contributed by atoms with Gasteiger partial charge in [0.25, 0.3) is 11.8 Å². The van der Waals surface area contributed by atoms with Crippen LogP contribution in [0.4, 0.5) is 5.69 Å². The summed E-state index contributed by atoms with van der Waals surface area (Å²) in [5.74, 6) is -0.619. The molecule has 1 fully saturated rings. The number of carbonyl (C=O) groups excluding carboxylic acids is 2. The molecule has 0 radical (unpaired) electrons. The number of benzene rings is 2. The van der Waals surface area contributed by atoms with E-state index in [1.165, 1.54) is 4.90 Å². The van der Waals surface area contributed by atoms with Gasteiger partial charge in [0, 0.05) is 26.2 Å². The molecule has 1 saturated heterocycles. The number of hydrogen-bond donors (Lipinski definition) is 0. The van der Waals surface area contributed by atoms with Gasteiger partial charge in [0.15, 0.2) is 0 Å². The number of aryl methyl sites for hydroxylation is 2. The van der Waals surface area contributed by atoms with Gasteiger partial charge in [0.2, 0.25) is 0 Å². The van der Waals surface area contributed by atoms with Gasteiger partial charge in [0.05, 0.1) is 16.3 Å². The van der Waals surface area contributed by atoms with E-state index in [1.807, 2.05) is 36.9 Å². The van der Waals surface area contributed by atoms with Gasteiger partial charge in [-0.25, -0.2) is 4.90 Å². The van der Waals surface area contributed by atoms with Crippen molar-refractivity contribution in [3.05, 3.63) is 69.9 Å². The fourth-order valence-corrected chi connectivity index (χ4v) is 4.25. The van der Waals surface area contributed by atoms with Gasteiger partial charge in [-0.2, -0.15) is 0 Å². The summed E-state index contributed by atoms with van der Waals surface area (Å²) in [5.41, 5.74) is 4.28. The lowest BCUT2D eigenvalue weighted by molar-refractivity contribution is -0.120. The van der Waals surface area contributed by atoms with Gasteiger partial charge in [-0.1, -0.05) is 47.5 Å². The van der Waals surface area contributed by atoms with Crippen molar-refractivity contribution in [3.63, 3.8) is 0 Å². The van der Waals surface area contributed by atoms with E-state index in [-0.39, 0.29) is 11.8 Å². The number of carbonyl (C=O) groups is 2. The standard InChI is InChI=1S/C23H24ClN3O2/c1-15-8-9-17(16(2)14-15)20-21(26-12-10-25(3)11-13-26)23(29)27(22(20)28)19-7-5-4-6-18(19)24/h4-9,14H,10-13H2,1-3H3. The maximum atomic E-state index is 13.6. The summed E-state index contributed by atoms with van der Waals surface area (Å²) in [5, 5.41) is 0.383. The summed E-state index contributed by atoms with van der Waals surface area (Å²) in [6.07, 6.45) is 0. The van der Waals surface area contributed by atoms with Crippen LogP contribution in [0.1, 0.15) is 16.7 Å². The average Bonchev–Trinajstić information content (AvgIpc) is 2.94. The fourth-order valence-electron chi connectivity index (χ4n) is 4.03. The van der Waals surface area contributed by atoms with Gasteiger partial charge >= 0.3 is 0 Å². The Balaban J connectivity index is 1.86. The Bertz CT molecular complexity index is 1020. The minimum atomic E-state index is -0.316. The first kappa shape index (κ1) is 19.7. The molecule has 0 N–H and O–H groups in total. The molecule has 2 aliphatic heterocycles. The van der Waals surface area contributed by atoms with E-state index in [4.69, 9.17) is 11.6 Å². The number of imide groups is 1. The highest BCUT2D eigenvalue weighted by molar-refractivity contribution is 6.47. The van der Waals surface area contributed by atoms with Crippen LogP contribution in [0.15, 0.2) is 48.2 Å². The van der Waals surface area contributed by atoms with Gasteiger partial charge in [0.1, 0.15) is 5.70 Å². The molecule has 0 aliphatic carbocycles. The predicted molar refractivity (Wildman–Crippen MR) is 116 cm³/mol. The van der Waals surface area contributed by atoms with Crippen LogP contribution in [-0.2, 0) is 9.59 Å². The Kier molecular flexibility index (Phi) is 5.19. The SMILES string of the molecule is Cc1ccc(C2=C(N3CCN(C)CC3)C(=O)N(c3ccccc3Cl)C2=O)c(C)c1. The summed E-state index contributed by atoms with van der Waals surface area (Å²) >= 11 is 6.35. The summed E-state index contributed by atoms with van der Waals surface area (Å²) < 4.78 is 0. The molecule has 6 heteroatoms. The second kappa shape index (κ2) is 7.65. The molecule has 2 heterocycles. The maximum Gasteiger partial charge on any atom is 0.282 e. The number of piperazine rings is 1. The number of rotatable bonds is 3. The van der Waals surface area contributed by atoms with Crippen molar-refractivity contribution in [1.29, 1.82) is 0 Å². The lowest BCUT2D eigenvalue weighted by Crippen LogP contribution is -2.46. The van der Waals surface area contributed by atoms with E-state index in [9.17, 15) is 9.59 Å². The molecular formula is C23H24ClN3O2. The lowest BCUT2D eigenvalue weighted by atomic mass is 9.97. The Morgan fingerprint density at radius 1 is 0.897 bits per heavy atom. The highest BCUT2D eigenvalue weighted by Crippen LogP contribution is 2.38. The van der Waals surface area contributed by atoms with E-state index in [0.29, 0.717) is 35.1 Å². The first-order valence-corrected chi connectivity index (χ1v) is 10.1. The first-order chi connectivity index (χ1) is 13.9. The normalized spacial score (nSPS) is 18.2. The minimum absolute atomic E-state index is 0.303. The third kappa shape index (κ3) is 3.45. The number of amides is 2. The van der Waals surface area contributed by atoms with Crippen LogP contribution in [0.2, 0.25) is 5.02 Å². The Morgan fingerprint density at radius 2 is 1.59 bits per heavy atom. The second-order valence-electron chi connectivity index (χ2n) is 7.73. The molecule has 5 nitrogen and oxygen atoms in total. The van der Waals surface area contributed by atoms with Crippen molar-refractivity contribution in [3.8, 4) is 0 Å². The van der Waals surface area contributed by atoms with Crippen LogP contribution in [0.25, 0.3) is 5.57 Å². The number of nitrogens with zero attached hydrogens (tertiary/aromatic N) is 3. The van der Waals surface area contributed by atoms with Crippen LogP contribution in [0, 0.1) is 13.8 Å². The van der Waals surface area contributed by atoms with Crippen molar-refractivity contribution >= 4 is 34.7 Å². The van der Waals surface area contributed by atoms with Crippen LogP contribution in [0.3, 0.4) is 0 Å².